The molecule has 1 amide bonds. The Morgan fingerprint density at radius 3 is 2.78 bits per heavy atom. The maximum atomic E-state index is 12.9. The number of nitrogens with zero attached hydrogens (tertiary/aromatic N) is 4. The van der Waals surface area contributed by atoms with Crippen molar-refractivity contribution in [1.82, 2.24) is 14.8 Å². The van der Waals surface area contributed by atoms with Crippen LogP contribution in [0.15, 0.2) is 29.4 Å². The molecule has 1 atom stereocenters. The monoisotopic (exact) mass is 523 g/mol. The van der Waals surface area contributed by atoms with Crippen LogP contribution in [0.2, 0.25) is 0 Å². The van der Waals surface area contributed by atoms with Gasteiger partial charge in [0.25, 0.3) is 0 Å². The number of anilines is 1. The minimum absolute atomic E-state index is 0.149. The van der Waals surface area contributed by atoms with Gasteiger partial charge in [-0.05, 0) is 62.1 Å². The Balaban J connectivity index is 1.47. The van der Waals surface area contributed by atoms with E-state index >= 15 is 0 Å². The van der Waals surface area contributed by atoms with E-state index < -0.39 is 0 Å². The molecular formula is C27H33N5O2S2. The van der Waals surface area contributed by atoms with Crippen molar-refractivity contribution in [3.63, 3.8) is 0 Å². The van der Waals surface area contributed by atoms with Gasteiger partial charge in [0.1, 0.15) is 16.8 Å². The number of amides is 1. The number of aromatic nitrogens is 3. The van der Waals surface area contributed by atoms with Crippen LogP contribution in [-0.2, 0) is 24.2 Å². The lowest BCUT2D eigenvalue weighted by atomic mass is 9.72. The first kappa shape index (κ1) is 26.2. The average molecular weight is 524 g/mol. The molecule has 1 aliphatic carbocycles. The van der Waals surface area contributed by atoms with Crippen LogP contribution in [0.1, 0.15) is 57.0 Å². The minimum Gasteiger partial charge on any atom is -0.493 e. The third kappa shape index (κ3) is 5.45. The molecule has 0 saturated carbocycles. The molecule has 36 heavy (non-hydrogen) atoms. The second-order valence-electron chi connectivity index (χ2n) is 9.94. The number of hydrogen-bond donors (Lipinski definition) is 1. The number of thioether (sulfide) groups is 1. The summed E-state index contributed by atoms with van der Waals surface area (Å²) < 4.78 is 7.76. The van der Waals surface area contributed by atoms with Gasteiger partial charge in [0.05, 0.1) is 23.5 Å². The van der Waals surface area contributed by atoms with Crippen LogP contribution in [0, 0.1) is 22.7 Å². The van der Waals surface area contributed by atoms with Crippen molar-refractivity contribution in [1.29, 1.82) is 5.26 Å². The molecule has 2 aromatic heterocycles. The molecule has 0 saturated heterocycles. The van der Waals surface area contributed by atoms with Crippen molar-refractivity contribution < 1.29 is 9.53 Å². The second kappa shape index (κ2) is 11.1. The SMILES string of the molecule is CCOc1ccccc1-c1nnc(SCC(=O)Nc2sc3c(c2C#N)CC[C@@H](C(C)(C)C)C3)n1CC. The minimum atomic E-state index is -0.149. The summed E-state index contributed by atoms with van der Waals surface area (Å²) in [5.41, 5.74) is 2.86. The zero-order valence-electron chi connectivity index (χ0n) is 21.6. The Labute approximate surface area is 221 Å². The highest BCUT2D eigenvalue weighted by atomic mass is 32.2. The average Bonchev–Trinajstić information content (AvgIpc) is 3.42. The quantitative estimate of drug-likeness (QED) is 0.355. The lowest BCUT2D eigenvalue weighted by molar-refractivity contribution is -0.113. The standard InChI is InChI=1S/C27H33N5O2S2/c1-6-32-24(19-10-8-9-11-21(19)34-7-2)30-31-26(32)35-16-23(33)29-25-20(15-28)18-13-12-17(27(3,4)5)14-22(18)36-25/h8-11,17H,6-7,12-14,16H2,1-5H3,(H,29,33)/t17-/m1/s1. The fraction of sp³-hybridized carbons (Fsp3) is 0.481. The van der Waals surface area contributed by atoms with Gasteiger partial charge in [-0.25, -0.2) is 0 Å². The lowest BCUT2D eigenvalue weighted by Gasteiger charge is -2.33. The number of benzene rings is 1. The summed E-state index contributed by atoms with van der Waals surface area (Å²) in [6, 6.07) is 10.1. The summed E-state index contributed by atoms with van der Waals surface area (Å²) in [5.74, 6) is 2.09. The van der Waals surface area contributed by atoms with Crippen LogP contribution < -0.4 is 10.1 Å². The number of rotatable bonds is 8. The predicted octanol–water partition coefficient (Wildman–Crippen LogP) is 6.18. The second-order valence-corrected chi connectivity index (χ2v) is 12.0. The molecular weight excluding hydrogens is 490 g/mol. The summed E-state index contributed by atoms with van der Waals surface area (Å²) in [4.78, 5) is 14.1. The molecule has 1 aromatic carbocycles. The molecule has 0 aliphatic heterocycles. The lowest BCUT2D eigenvalue weighted by Crippen LogP contribution is -2.26. The van der Waals surface area contributed by atoms with Gasteiger partial charge in [0.15, 0.2) is 11.0 Å². The van der Waals surface area contributed by atoms with Crippen molar-refractivity contribution in [2.24, 2.45) is 11.3 Å². The number of hydrogen-bond acceptors (Lipinski definition) is 7. The molecule has 0 bridgehead atoms. The molecule has 7 nitrogen and oxygen atoms in total. The third-order valence-corrected chi connectivity index (χ3v) is 8.78. The first-order valence-corrected chi connectivity index (χ1v) is 14.2. The smallest absolute Gasteiger partial charge is 0.235 e. The number of nitriles is 1. The van der Waals surface area contributed by atoms with E-state index in [2.05, 4.69) is 42.4 Å². The summed E-state index contributed by atoms with van der Waals surface area (Å²) in [6.07, 6.45) is 2.94. The highest BCUT2D eigenvalue weighted by Gasteiger charge is 2.32. The number of fused-ring (bicyclic) bond motifs is 1. The van der Waals surface area contributed by atoms with E-state index in [4.69, 9.17) is 4.74 Å². The highest BCUT2D eigenvalue weighted by Crippen LogP contribution is 2.44. The summed E-state index contributed by atoms with van der Waals surface area (Å²) in [7, 11) is 0. The Hall–Kier alpha value is -2.83. The fourth-order valence-electron chi connectivity index (χ4n) is 4.64. The summed E-state index contributed by atoms with van der Waals surface area (Å²) in [6.45, 7) is 12.0. The van der Waals surface area contributed by atoms with E-state index in [0.29, 0.717) is 34.8 Å². The van der Waals surface area contributed by atoms with Crippen LogP contribution >= 0.6 is 23.1 Å². The zero-order chi connectivity index (χ0) is 25.9. The van der Waals surface area contributed by atoms with E-state index in [-0.39, 0.29) is 17.1 Å². The molecule has 0 radical (unpaired) electrons. The molecule has 3 aromatic rings. The van der Waals surface area contributed by atoms with Gasteiger partial charge in [-0.2, -0.15) is 5.26 Å². The Morgan fingerprint density at radius 1 is 1.31 bits per heavy atom. The van der Waals surface area contributed by atoms with Crippen LogP contribution in [0.4, 0.5) is 5.00 Å². The maximum absolute atomic E-state index is 12.9. The van der Waals surface area contributed by atoms with E-state index in [1.165, 1.54) is 16.6 Å². The molecule has 1 aliphatic rings. The first-order valence-electron chi connectivity index (χ1n) is 12.4. The van der Waals surface area contributed by atoms with Crippen LogP contribution in [0.5, 0.6) is 5.75 Å². The number of ether oxygens (including phenoxy) is 1. The number of thiophene rings is 1. The highest BCUT2D eigenvalue weighted by molar-refractivity contribution is 7.99. The molecule has 0 unspecified atom stereocenters. The third-order valence-electron chi connectivity index (χ3n) is 6.65. The van der Waals surface area contributed by atoms with E-state index in [9.17, 15) is 10.1 Å². The van der Waals surface area contributed by atoms with E-state index in [0.717, 1.165) is 42.0 Å². The van der Waals surface area contributed by atoms with Crippen molar-refractivity contribution in [2.45, 2.75) is 65.6 Å². The number of carbonyl (C=O) groups is 1. The Bertz CT molecular complexity index is 1280. The number of carbonyl (C=O) groups excluding carboxylic acids is 1. The largest absolute Gasteiger partial charge is 0.493 e. The van der Waals surface area contributed by atoms with Gasteiger partial charge in [0.2, 0.25) is 5.91 Å². The molecule has 4 rings (SSSR count). The van der Waals surface area contributed by atoms with Gasteiger partial charge in [-0.3, -0.25) is 4.79 Å². The molecule has 1 N–H and O–H groups in total. The number of para-hydroxylation sites is 1. The van der Waals surface area contributed by atoms with Crippen molar-refractivity contribution in [3.8, 4) is 23.2 Å². The van der Waals surface area contributed by atoms with Crippen LogP contribution in [0.25, 0.3) is 11.4 Å². The van der Waals surface area contributed by atoms with Crippen LogP contribution in [-0.4, -0.2) is 33.0 Å². The van der Waals surface area contributed by atoms with Gasteiger partial charge in [0, 0.05) is 11.4 Å². The summed E-state index contributed by atoms with van der Waals surface area (Å²) in [5, 5.41) is 22.9. The molecule has 9 heteroatoms. The summed E-state index contributed by atoms with van der Waals surface area (Å²) >= 11 is 2.90. The number of nitrogens with one attached hydrogen (secondary N) is 1. The van der Waals surface area contributed by atoms with Crippen LogP contribution in [0.3, 0.4) is 0 Å². The fourth-order valence-corrected chi connectivity index (χ4v) is 6.73. The van der Waals surface area contributed by atoms with Gasteiger partial charge >= 0.3 is 0 Å². The van der Waals surface area contributed by atoms with E-state index in [1.54, 1.807) is 11.3 Å². The normalized spacial score (nSPS) is 15.3. The maximum Gasteiger partial charge on any atom is 0.235 e. The van der Waals surface area contributed by atoms with Crippen molar-refractivity contribution >= 4 is 34.0 Å². The topological polar surface area (TPSA) is 92.8 Å². The van der Waals surface area contributed by atoms with Gasteiger partial charge < -0.3 is 14.6 Å². The van der Waals surface area contributed by atoms with Crippen molar-refractivity contribution in [2.75, 3.05) is 17.7 Å². The van der Waals surface area contributed by atoms with E-state index in [1.807, 2.05) is 42.7 Å². The molecule has 0 fully saturated rings. The Morgan fingerprint density at radius 2 is 2.08 bits per heavy atom. The molecule has 190 valence electrons. The molecule has 2 heterocycles. The first-order chi connectivity index (χ1) is 17.3. The molecule has 0 spiro atoms. The van der Waals surface area contributed by atoms with Gasteiger partial charge in [-0.1, -0.05) is 44.7 Å². The van der Waals surface area contributed by atoms with Crippen molar-refractivity contribution in [3.05, 3.63) is 40.3 Å². The zero-order valence-corrected chi connectivity index (χ0v) is 23.2. The predicted molar refractivity (Wildman–Crippen MR) is 146 cm³/mol. The Kier molecular flexibility index (Phi) is 8.06. The van der Waals surface area contributed by atoms with Gasteiger partial charge in [-0.15, -0.1) is 21.5 Å².